The fourth-order valence-corrected chi connectivity index (χ4v) is 1.92. The van der Waals surface area contributed by atoms with Crippen molar-refractivity contribution < 1.29 is 0 Å². The van der Waals surface area contributed by atoms with E-state index in [1.54, 1.807) is 0 Å². The highest BCUT2D eigenvalue weighted by molar-refractivity contribution is 5.75. The van der Waals surface area contributed by atoms with E-state index in [0.29, 0.717) is 0 Å². The second kappa shape index (κ2) is 2.79. The van der Waals surface area contributed by atoms with Crippen molar-refractivity contribution in [2.75, 3.05) is 19.6 Å². The smallest absolute Gasteiger partial charge is 0.0814 e. The maximum Gasteiger partial charge on any atom is 0.0814 e. The molecule has 0 spiro atoms. The van der Waals surface area contributed by atoms with Gasteiger partial charge in [-0.25, -0.2) is 0 Å². The van der Waals surface area contributed by atoms with Crippen molar-refractivity contribution in [1.29, 1.82) is 0 Å². The summed E-state index contributed by atoms with van der Waals surface area (Å²) in [5.41, 5.74) is 1.48. The van der Waals surface area contributed by atoms with Crippen LogP contribution in [0.4, 0.5) is 0 Å². The molecule has 3 aliphatic rings. The number of fused-ring (bicyclic) bond motifs is 3. The van der Waals surface area contributed by atoms with E-state index in [1.807, 2.05) is 0 Å². The zero-order valence-corrected chi connectivity index (χ0v) is 5.77. The average molecular weight is 137 g/mol. The molecule has 0 N–H and O–H groups in total. The zero-order valence-electron chi connectivity index (χ0n) is 5.77. The molecule has 3 aliphatic heterocycles. The Balaban J connectivity index is 0.000000500. The minimum absolute atomic E-state index is 0. The van der Waals surface area contributed by atoms with E-state index in [9.17, 15) is 0 Å². The van der Waals surface area contributed by atoms with Gasteiger partial charge < -0.3 is 0 Å². The fourth-order valence-electron chi connectivity index (χ4n) is 1.92. The Morgan fingerprint density at radius 3 is 2.10 bits per heavy atom. The number of hydrogen-bond acceptors (Lipinski definition) is 1. The van der Waals surface area contributed by atoms with Crippen LogP contribution in [0, 0.1) is 5.92 Å². The van der Waals surface area contributed by atoms with Crippen LogP contribution in [0.3, 0.4) is 0 Å². The van der Waals surface area contributed by atoms with Gasteiger partial charge >= 0.3 is 0 Å². The van der Waals surface area contributed by atoms with Gasteiger partial charge in [-0.05, 0) is 31.8 Å². The highest BCUT2D eigenvalue weighted by atomic mass is 15.1. The Hall–Kier alpha value is -0.235. The van der Waals surface area contributed by atoms with E-state index < -0.39 is 0 Å². The van der Waals surface area contributed by atoms with E-state index >= 15 is 0 Å². The number of rotatable bonds is 0. The lowest BCUT2D eigenvalue weighted by Crippen LogP contribution is -2.42. The summed E-state index contributed by atoms with van der Waals surface area (Å²) in [4.78, 5) is 2.50. The SMILES string of the molecule is B.C=C1CN2CCC1CC2. The number of piperidine rings is 3. The van der Waals surface area contributed by atoms with E-state index in [4.69, 9.17) is 0 Å². The van der Waals surface area contributed by atoms with Crippen LogP contribution in [0.25, 0.3) is 0 Å². The predicted octanol–water partition coefficient (Wildman–Crippen LogP) is 0.0843. The molecule has 3 saturated heterocycles. The molecule has 3 rings (SSSR count). The summed E-state index contributed by atoms with van der Waals surface area (Å²) in [6, 6.07) is 0. The largest absolute Gasteiger partial charge is 0.299 e. The van der Waals surface area contributed by atoms with Gasteiger partial charge in [-0.15, -0.1) is 0 Å². The first-order valence-corrected chi connectivity index (χ1v) is 3.76. The normalized spacial score (nSPS) is 37.4. The van der Waals surface area contributed by atoms with E-state index in [1.165, 1.54) is 38.0 Å². The van der Waals surface area contributed by atoms with Crippen molar-refractivity contribution in [1.82, 2.24) is 4.90 Å². The van der Waals surface area contributed by atoms with Crippen molar-refractivity contribution in [2.45, 2.75) is 12.8 Å². The molecule has 0 aliphatic carbocycles. The van der Waals surface area contributed by atoms with Crippen molar-refractivity contribution >= 4 is 8.41 Å². The minimum Gasteiger partial charge on any atom is -0.299 e. The van der Waals surface area contributed by atoms with E-state index in [0.717, 1.165) is 5.92 Å². The molecule has 0 amide bonds. The van der Waals surface area contributed by atoms with Crippen molar-refractivity contribution in [3.63, 3.8) is 0 Å². The van der Waals surface area contributed by atoms with Crippen molar-refractivity contribution in [2.24, 2.45) is 5.92 Å². The molecular formula is C8H16BN. The third-order valence-electron chi connectivity index (χ3n) is 2.59. The number of hydrogen-bond donors (Lipinski definition) is 0. The summed E-state index contributed by atoms with van der Waals surface area (Å²) in [5, 5.41) is 0. The maximum atomic E-state index is 4.06. The van der Waals surface area contributed by atoms with Gasteiger partial charge in [0, 0.05) is 6.54 Å². The van der Waals surface area contributed by atoms with Gasteiger partial charge in [0.1, 0.15) is 0 Å². The molecule has 3 fully saturated rings. The fraction of sp³-hybridized carbons (Fsp3) is 0.750. The van der Waals surface area contributed by atoms with Crippen LogP contribution in [0.5, 0.6) is 0 Å². The lowest BCUT2D eigenvalue weighted by molar-refractivity contribution is 0.162. The standard InChI is InChI=1S/C8H13N.BH3/c1-7-6-9-4-2-8(7)3-5-9;/h8H,1-6H2;1H3. The molecule has 0 saturated carbocycles. The molecule has 0 atom stereocenters. The molecule has 1 nitrogen and oxygen atoms in total. The van der Waals surface area contributed by atoms with Crippen molar-refractivity contribution in [3.8, 4) is 0 Å². The Bertz CT molecular complexity index is 136. The van der Waals surface area contributed by atoms with Crippen LogP contribution in [-0.2, 0) is 0 Å². The summed E-state index contributed by atoms with van der Waals surface area (Å²) in [6.45, 7) is 7.89. The van der Waals surface area contributed by atoms with Gasteiger partial charge in [-0.1, -0.05) is 12.2 Å². The van der Waals surface area contributed by atoms with E-state index in [2.05, 4.69) is 11.5 Å². The summed E-state index contributed by atoms with van der Waals surface area (Å²) in [7, 11) is 0. The van der Waals surface area contributed by atoms with Crippen LogP contribution < -0.4 is 0 Å². The summed E-state index contributed by atoms with van der Waals surface area (Å²) >= 11 is 0. The molecule has 0 aromatic rings. The average Bonchev–Trinajstić information content (AvgIpc) is 1.90. The summed E-state index contributed by atoms with van der Waals surface area (Å²) in [6.07, 6.45) is 2.75. The highest BCUT2D eigenvalue weighted by Crippen LogP contribution is 2.29. The highest BCUT2D eigenvalue weighted by Gasteiger charge is 2.27. The molecule has 56 valence electrons. The van der Waals surface area contributed by atoms with Crippen LogP contribution in [-0.4, -0.2) is 32.9 Å². The first-order valence-electron chi connectivity index (χ1n) is 3.76. The molecule has 0 radical (unpaired) electrons. The molecule has 3 heterocycles. The minimum atomic E-state index is 0. The van der Waals surface area contributed by atoms with Gasteiger partial charge in [-0.2, -0.15) is 0 Å². The summed E-state index contributed by atoms with van der Waals surface area (Å²) < 4.78 is 0. The zero-order chi connectivity index (χ0) is 6.27. The van der Waals surface area contributed by atoms with Gasteiger partial charge in [-0.3, -0.25) is 4.90 Å². The van der Waals surface area contributed by atoms with Gasteiger partial charge in [0.25, 0.3) is 0 Å². The third kappa shape index (κ3) is 1.13. The Kier molecular flexibility index (Phi) is 2.19. The van der Waals surface area contributed by atoms with Gasteiger partial charge in [0.2, 0.25) is 0 Å². The summed E-state index contributed by atoms with van der Waals surface area (Å²) in [5.74, 6) is 0.884. The quantitative estimate of drug-likeness (QED) is 0.337. The molecule has 10 heavy (non-hydrogen) atoms. The topological polar surface area (TPSA) is 3.24 Å². The van der Waals surface area contributed by atoms with Gasteiger partial charge in [0.15, 0.2) is 0 Å². The monoisotopic (exact) mass is 137 g/mol. The molecular weight excluding hydrogens is 121 g/mol. The molecule has 2 bridgehead atoms. The molecule has 0 unspecified atom stereocenters. The first kappa shape index (κ1) is 7.87. The number of nitrogens with zero attached hydrogens (tertiary/aromatic N) is 1. The van der Waals surface area contributed by atoms with Crippen LogP contribution >= 0.6 is 0 Å². The first-order chi connectivity index (χ1) is 4.36. The Morgan fingerprint density at radius 2 is 1.90 bits per heavy atom. The van der Waals surface area contributed by atoms with Gasteiger partial charge in [0.05, 0.1) is 8.41 Å². The molecule has 0 aromatic heterocycles. The predicted molar refractivity (Wildman–Crippen MR) is 48.2 cm³/mol. The van der Waals surface area contributed by atoms with Crippen molar-refractivity contribution in [3.05, 3.63) is 12.2 Å². The maximum absolute atomic E-state index is 4.06. The van der Waals surface area contributed by atoms with Crippen LogP contribution in [0.2, 0.25) is 0 Å². The molecule has 0 aromatic carbocycles. The Morgan fingerprint density at radius 1 is 1.30 bits per heavy atom. The van der Waals surface area contributed by atoms with Crippen LogP contribution in [0.15, 0.2) is 12.2 Å². The van der Waals surface area contributed by atoms with E-state index in [-0.39, 0.29) is 8.41 Å². The molecule has 2 heteroatoms. The second-order valence-corrected chi connectivity index (χ2v) is 3.21. The second-order valence-electron chi connectivity index (χ2n) is 3.21. The third-order valence-corrected chi connectivity index (χ3v) is 2.59. The van der Waals surface area contributed by atoms with Crippen LogP contribution in [0.1, 0.15) is 12.8 Å². The lowest BCUT2D eigenvalue weighted by Gasteiger charge is -2.40. The Labute approximate surface area is 64.7 Å². The lowest BCUT2D eigenvalue weighted by atomic mass is 9.85.